The Labute approximate surface area is 150 Å². The van der Waals surface area contributed by atoms with E-state index in [-0.39, 0.29) is 11.4 Å². The van der Waals surface area contributed by atoms with Gasteiger partial charge in [0.2, 0.25) is 0 Å². The highest BCUT2D eigenvalue weighted by molar-refractivity contribution is 7.10. The summed E-state index contributed by atoms with van der Waals surface area (Å²) in [6, 6.07) is 7.57. The van der Waals surface area contributed by atoms with Crippen molar-refractivity contribution in [2.24, 2.45) is 4.99 Å². The fourth-order valence-electron chi connectivity index (χ4n) is 2.51. The molecular formula is C18H18ClN3OS. The molecule has 1 N–H and O–H groups in total. The zero-order valence-corrected chi connectivity index (χ0v) is 15.3. The molecule has 0 saturated heterocycles. The quantitative estimate of drug-likeness (QED) is 0.892. The van der Waals surface area contributed by atoms with Gasteiger partial charge in [0.05, 0.1) is 0 Å². The molecule has 24 heavy (non-hydrogen) atoms. The summed E-state index contributed by atoms with van der Waals surface area (Å²) < 4.78 is 0. The maximum atomic E-state index is 12.3. The van der Waals surface area contributed by atoms with Gasteiger partial charge in [-0.2, -0.15) is 0 Å². The van der Waals surface area contributed by atoms with E-state index in [1.807, 2.05) is 57.2 Å². The van der Waals surface area contributed by atoms with Gasteiger partial charge in [0.1, 0.15) is 10.7 Å². The van der Waals surface area contributed by atoms with Crippen LogP contribution in [0, 0.1) is 0 Å². The van der Waals surface area contributed by atoms with Crippen molar-refractivity contribution in [1.82, 2.24) is 10.3 Å². The Bertz CT molecular complexity index is 821. The molecule has 1 aliphatic rings. The van der Waals surface area contributed by atoms with E-state index in [2.05, 4.69) is 15.3 Å². The predicted molar refractivity (Wildman–Crippen MR) is 99.2 cm³/mol. The summed E-state index contributed by atoms with van der Waals surface area (Å²) in [7, 11) is 0. The van der Waals surface area contributed by atoms with Gasteiger partial charge in [0.15, 0.2) is 5.54 Å². The van der Waals surface area contributed by atoms with Crippen molar-refractivity contribution in [3.8, 4) is 0 Å². The van der Waals surface area contributed by atoms with Gasteiger partial charge in [-0.25, -0.2) is 4.98 Å². The van der Waals surface area contributed by atoms with E-state index in [9.17, 15) is 4.79 Å². The molecular weight excluding hydrogens is 342 g/mol. The average Bonchev–Trinajstić information content (AvgIpc) is 3.16. The van der Waals surface area contributed by atoms with Gasteiger partial charge in [-0.05, 0) is 39.0 Å². The third-order valence-corrected chi connectivity index (χ3v) is 4.83. The van der Waals surface area contributed by atoms with E-state index < -0.39 is 5.54 Å². The van der Waals surface area contributed by atoms with Gasteiger partial charge < -0.3 is 5.32 Å². The SMILES string of the molecule is CC(C)(C)NC(=O)c1csc(C2(c3ccccc3Cl)C=CC=N2)n1. The van der Waals surface area contributed by atoms with Crippen LogP contribution in [0.4, 0.5) is 0 Å². The number of nitrogens with zero attached hydrogens (tertiary/aromatic N) is 2. The number of carbonyl (C=O) groups is 1. The highest BCUT2D eigenvalue weighted by Gasteiger charge is 2.37. The second kappa shape index (κ2) is 6.15. The largest absolute Gasteiger partial charge is 0.346 e. The first-order chi connectivity index (χ1) is 11.3. The molecule has 124 valence electrons. The highest BCUT2D eigenvalue weighted by atomic mass is 35.5. The molecule has 1 aliphatic heterocycles. The summed E-state index contributed by atoms with van der Waals surface area (Å²) in [6.07, 6.45) is 5.57. The Kier molecular flexibility index (Phi) is 4.32. The Morgan fingerprint density at radius 1 is 1.29 bits per heavy atom. The molecule has 0 fully saturated rings. The monoisotopic (exact) mass is 359 g/mol. The third-order valence-electron chi connectivity index (χ3n) is 3.54. The maximum absolute atomic E-state index is 12.3. The maximum Gasteiger partial charge on any atom is 0.271 e. The molecule has 1 amide bonds. The highest BCUT2D eigenvalue weighted by Crippen LogP contribution is 2.42. The molecule has 1 aromatic carbocycles. The summed E-state index contributed by atoms with van der Waals surface area (Å²) in [5, 5.41) is 6.03. The third kappa shape index (κ3) is 3.14. The molecule has 1 unspecified atom stereocenters. The van der Waals surface area contributed by atoms with E-state index >= 15 is 0 Å². The van der Waals surface area contributed by atoms with Crippen LogP contribution in [0.3, 0.4) is 0 Å². The summed E-state index contributed by atoms with van der Waals surface area (Å²) in [4.78, 5) is 21.5. The van der Waals surface area contributed by atoms with Crippen molar-refractivity contribution in [1.29, 1.82) is 0 Å². The minimum Gasteiger partial charge on any atom is -0.346 e. The van der Waals surface area contributed by atoms with E-state index in [4.69, 9.17) is 11.6 Å². The Hall–Kier alpha value is -1.98. The Morgan fingerprint density at radius 2 is 2.04 bits per heavy atom. The number of thiazole rings is 1. The van der Waals surface area contributed by atoms with Crippen LogP contribution in [0.5, 0.6) is 0 Å². The van der Waals surface area contributed by atoms with Crippen LogP contribution in [-0.4, -0.2) is 22.6 Å². The lowest BCUT2D eigenvalue weighted by molar-refractivity contribution is 0.0915. The van der Waals surface area contributed by atoms with Crippen molar-refractivity contribution in [2.45, 2.75) is 31.8 Å². The van der Waals surface area contributed by atoms with Crippen molar-refractivity contribution < 1.29 is 4.79 Å². The predicted octanol–water partition coefficient (Wildman–Crippen LogP) is 4.21. The number of halogens is 1. The number of allylic oxidation sites excluding steroid dienone is 1. The lowest BCUT2D eigenvalue weighted by Crippen LogP contribution is -2.40. The van der Waals surface area contributed by atoms with Crippen molar-refractivity contribution >= 4 is 35.1 Å². The molecule has 0 aliphatic carbocycles. The topological polar surface area (TPSA) is 54.4 Å². The number of aromatic nitrogens is 1. The van der Waals surface area contributed by atoms with Crippen LogP contribution in [0.15, 0.2) is 46.8 Å². The van der Waals surface area contributed by atoms with Gasteiger partial charge >= 0.3 is 0 Å². The van der Waals surface area contributed by atoms with Crippen LogP contribution >= 0.6 is 22.9 Å². The van der Waals surface area contributed by atoms with Gasteiger partial charge in [-0.1, -0.05) is 29.8 Å². The molecule has 0 radical (unpaired) electrons. The normalized spacial score (nSPS) is 19.7. The lowest BCUT2D eigenvalue weighted by Gasteiger charge is -2.23. The zero-order chi connectivity index (χ0) is 17.4. The van der Waals surface area contributed by atoms with Crippen LogP contribution < -0.4 is 5.32 Å². The Morgan fingerprint density at radius 3 is 2.67 bits per heavy atom. The molecule has 0 spiro atoms. The van der Waals surface area contributed by atoms with Gasteiger partial charge in [0.25, 0.3) is 5.91 Å². The average molecular weight is 360 g/mol. The summed E-state index contributed by atoms with van der Waals surface area (Å²) in [5.41, 5.74) is 0.177. The summed E-state index contributed by atoms with van der Waals surface area (Å²) in [5.74, 6) is -0.190. The number of benzene rings is 1. The number of hydrogen-bond acceptors (Lipinski definition) is 4. The molecule has 4 nitrogen and oxygen atoms in total. The number of aliphatic imine (C=N–C) groups is 1. The van der Waals surface area contributed by atoms with Crippen molar-refractivity contribution in [3.05, 3.63) is 63.1 Å². The lowest BCUT2D eigenvalue weighted by atomic mass is 9.91. The zero-order valence-electron chi connectivity index (χ0n) is 13.7. The Balaban J connectivity index is 2.01. The number of nitrogens with one attached hydrogen (secondary N) is 1. The van der Waals surface area contributed by atoms with Crippen LogP contribution in [0.25, 0.3) is 0 Å². The van der Waals surface area contributed by atoms with Crippen LogP contribution in [0.2, 0.25) is 5.02 Å². The first kappa shape index (κ1) is 16.9. The molecule has 3 rings (SSSR count). The summed E-state index contributed by atoms with van der Waals surface area (Å²) in [6.45, 7) is 5.81. The molecule has 0 saturated carbocycles. The fraction of sp³-hybridized carbons (Fsp3) is 0.278. The molecule has 2 aromatic rings. The van der Waals surface area contributed by atoms with Gasteiger partial charge in [0, 0.05) is 27.7 Å². The second-order valence-electron chi connectivity index (χ2n) is 6.63. The number of amides is 1. The number of carbonyl (C=O) groups excluding carboxylic acids is 1. The molecule has 0 bridgehead atoms. The van der Waals surface area contributed by atoms with Crippen LogP contribution in [0.1, 0.15) is 41.8 Å². The molecule has 2 heterocycles. The van der Waals surface area contributed by atoms with Crippen molar-refractivity contribution in [2.75, 3.05) is 0 Å². The van der Waals surface area contributed by atoms with E-state index in [1.54, 1.807) is 11.6 Å². The van der Waals surface area contributed by atoms with E-state index in [0.717, 1.165) is 10.6 Å². The minimum atomic E-state index is -0.761. The molecule has 6 heteroatoms. The van der Waals surface area contributed by atoms with Crippen molar-refractivity contribution in [3.63, 3.8) is 0 Å². The first-order valence-electron chi connectivity index (χ1n) is 7.58. The number of hydrogen-bond donors (Lipinski definition) is 1. The van der Waals surface area contributed by atoms with Gasteiger partial charge in [-0.15, -0.1) is 11.3 Å². The van der Waals surface area contributed by atoms with Gasteiger partial charge in [-0.3, -0.25) is 9.79 Å². The summed E-state index contributed by atoms with van der Waals surface area (Å²) >= 11 is 7.80. The number of rotatable bonds is 3. The van der Waals surface area contributed by atoms with E-state index in [1.165, 1.54) is 11.3 Å². The fourth-order valence-corrected chi connectivity index (χ4v) is 3.74. The standard InChI is InChI=1S/C18H18ClN3OS/c1-17(2,3)22-15(23)14-11-24-16(21-14)18(9-6-10-20-18)12-7-4-5-8-13(12)19/h4-11H,1-3H3,(H,22,23). The molecule has 1 atom stereocenters. The smallest absolute Gasteiger partial charge is 0.271 e. The second-order valence-corrected chi connectivity index (χ2v) is 7.89. The van der Waals surface area contributed by atoms with E-state index in [0.29, 0.717) is 10.7 Å². The molecule has 1 aromatic heterocycles. The minimum absolute atomic E-state index is 0.190. The van der Waals surface area contributed by atoms with Crippen LogP contribution in [-0.2, 0) is 5.54 Å². The first-order valence-corrected chi connectivity index (χ1v) is 8.84.